The van der Waals surface area contributed by atoms with Gasteiger partial charge in [0.2, 0.25) is 0 Å². The highest BCUT2D eigenvalue weighted by Crippen LogP contribution is 2.21. The summed E-state index contributed by atoms with van der Waals surface area (Å²) in [5.74, 6) is 0.645. The third kappa shape index (κ3) is 3.20. The summed E-state index contributed by atoms with van der Waals surface area (Å²) in [4.78, 5) is 2.25. The molecule has 1 heterocycles. The summed E-state index contributed by atoms with van der Waals surface area (Å²) in [5.41, 5.74) is 7.36. The van der Waals surface area contributed by atoms with Crippen LogP contribution in [0.3, 0.4) is 0 Å². The zero-order valence-corrected chi connectivity index (χ0v) is 11.9. The van der Waals surface area contributed by atoms with Crippen LogP contribution in [0.5, 0.6) is 5.75 Å². The molecule has 1 aromatic rings. The summed E-state index contributed by atoms with van der Waals surface area (Å²) in [6, 6.07) is 6.16. The van der Waals surface area contributed by atoms with Crippen molar-refractivity contribution in [3.05, 3.63) is 29.3 Å². The summed E-state index contributed by atoms with van der Waals surface area (Å²) in [6.07, 6.45) is 1.06. The van der Waals surface area contributed by atoms with Gasteiger partial charge in [-0.2, -0.15) is 0 Å². The van der Waals surface area contributed by atoms with Crippen LogP contribution in [0.15, 0.2) is 23.4 Å². The molecule has 1 aromatic carbocycles. The zero-order valence-electron chi connectivity index (χ0n) is 11.9. The molecule has 110 valence electrons. The molecule has 0 radical (unpaired) electrons. The number of rotatable bonds is 5. The fourth-order valence-electron chi connectivity index (χ4n) is 2.39. The minimum atomic E-state index is 0.0514. The molecule has 0 bridgehead atoms. The van der Waals surface area contributed by atoms with E-state index in [1.54, 1.807) is 7.11 Å². The second-order valence-corrected chi connectivity index (χ2v) is 4.95. The van der Waals surface area contributed by atoms with Gasteiger partial charge < -0.3 is 20.4 Å². The number of nitrogens with zero attached hydrogens (tertiary/aromatic N) is 2. The van der Waals surface area contributed by atoms with Crippen LogP contribution in [-0.2, 0) is 11.3 Å². The highest BCUT2D eigenvalue weighted by atomic mass is 16.5. The fraction of sp³-hybridized carbons (Fsp3) is 0.500. The first kappa shape index (κ1) is 14.6. The maximum absolute atomic E-state index is 8.83. The van der Waals surface area contributed by atoms with E-state index in [9.17, 15) is 0 Å². The Balaban J connectivity index is 2.16. The number of oxime groups is 1. The van der Waals surface area contributed by atoms with Crippen molar-refractivity contribution in [2.45, 2.75) is 19.0 Å². The van der Waals surface area contributed by atoms with Crippen LogP contribution in [0.1, 0.15) is 17.5 Å². The van der Waals surface area contributed by atoms with Gasteiger partial charge in [-0.25, -0.2) is 0 Å². The minimum Gasteiger partial charge on any atom is -0.496 e. The van der Waals surface area contributed by atoms with E-state index >= 15 is 0 Å². The summed E-state index contributed by atoms with van der Waals surface area (Å²) < 4.78 is 10.6. The molecule has 1 atom stereocenters. The molecule has 1 unspecified atom stereocenters. The quantitative estimate of drug-likeness (QED) is 0.364. The molecule has 6 nitrogen and oxygen atoms in total. The van der Waals surface area contributed by atoms with Crippen LogP contribution in [0.2, 0.25) is 0 Å². The van der Waals surface area contributed by atoms with E-state index in [0.717, 1.165) is 31.7 Å². The zero-order chi connectivity index (χ0) is 14.5. The smallest absolute Gasteiger partial charge is 0.173 e. The molecule has 0 spiro atoms. The van der Waals surface area contributed by atoms with Gasteiger partial charge in [0.25, 0.3) is 0 Å². The van der Waals surface area contributed by atoms with Gasteiger partial charge in [0.05, 0.1) is 19.3 Å². The summed E-state index contributed by atoms with van der Waals surface area (Å²) in [5, 5.41) is 11.9. The molecule has 1 fully saturated rings. The summed E-state index contributed by atoms with van der Waals surface area (Å²) in [7, 11) is 3.64. The first-order valence-corrected chi connectivity index (χ1v) is 6.58. The van der Waals surface area contributed by atoms with E-state index in [-0.39, 0.29) is 5.84 Å². The Morgan fingerprint density at radius 1 is 1.60 bits per heavy atom. The number of amidine groups is 1. The van der Waals surface area contributed by atoms with E-state index in [4.69, 9.17) is 20.4 Å². The Hall–Kier alpha value is -1.79. The Labute approximate surface area is 118 Å². The average molecular weight is 279 g/mol. The van der Waals surface area contributed by atoms with Crippen molar-refractivity contribution < 1.29 is 14.7 Å². The first-order valence-electron chi connectivity index (χ1n) is 6.58. The molecule has 3 N–H and O–H groups in total. The lowest BCUT2D eigenvalue weighted by atomic mass is 10.1. The lowest BCUT2D eigenvalue weighted by Crippen LogP contribution is -2.31. The number of ether oxygens (including phenoxy) is 2. The van der Waals surface area contributed by atoms with E-state index in [2.05, 4.69) is 17.1 Å². The molecule has 1 saturated heterocycles. The Bertz CT molecular complexity index is 485. The van der Waals surface area contributed by atoms with Gasteiger partial charge in [0, 0.05) is 19.2 Å². The number of hydrogen-bond donors (Lipinski definition) is 2. The number of benzene rings is 1. The largest absolute Gasteiger partial charge is 0.496 e. The first-order chi connectivity index (χ1) is 9.65. The van der Waals surface area contributed by atoms with Crippen molar-refractivity contribution in [1.82, 2.24) is 4.90 Å². The predicted octanol–water partition coefficient (Wildman–Crippen LogP) is 1.01. The summed E-state index contributed by atoms with van der Waals surface area (Å²) >= 11 is 0. The lowest BCUT2D eigenvalue weighted by molar-refractivity contribution is 0.156. The molecule has 0 amide bonds. The van der Waals surface area contributed by atoms with Gasteiger partial charge in [-0.15, -0.1) is 0 Å². The van der Waals surface area contributed by atoms with Gasteiger partial charge in [0.1, 0.15) is 5.75 Å². The van der Waals surface area contributed by atoms with Crippen molar-refractivity contribution in [1.29, 1.82) is 0 Å². The van der Waals surface area contributed by atoms with Gasteiger partial charge in [-0.1, -0.05) is 11.2 Å². The van der Waals surface area contributed by atoms with Crippen LogP contribution in [0.25, 0.3) is 0 Å². The van der Waals surface area contributed by atoms with Crippen molar-refractivity contribution in [2.24, 2.45) is 10.9 Å². The van der Waals surface area contributed by atoms with Crippen LogP contribution >= 0.6 is 0 Å². The van der Waals surface area contributed by atoms with Gasteiger partial charge in [-0.3, -0.25) is 4.90 Å². The van der Waals surface area contributed by atoms with Crippen molar-refractivity contribution >= 4 is 5.84 Å². The molecule has 1 aliphatic rings. The van der Waals surface area contributed by atoms with Crippen molar-refractivity contribution in [3.63, 3.8) is 0 Å². The van der Waals surface area contributed by atoms with Crippen LogP contribution < -0.4 is 10.5 Å². The normalized spacial score (nSPS) is 19.6. The van der Waals surface area contributed by atoms with Crippen LogP contribution in [0, 0.1) is 0 Å². The maximum atomic E-state index is 8.83. The Morgan fingerprint density at radius 2 is 2.40 bits per heavy atom. The minimum absolute atomic E-state index is 0.0514. The second-order valence-electron chi connectivity index (χ2n) is 4.95. The predicted molar refractivity (Wildman–Crippen MR) is 76.2 cm³/mol. The van der Waals surface area contributed by atoms with Gasteiger partial charge >= 0.3 is 0 Å². The van der Waals surface area contributed by atoms with E-state index in [0.29, 0.717) is 17.4 Å². The van der Waals surface area contributed by atoms with E-state index < -0.39 is 0 Å². The molecule has 0 saturated carbocycles. The molecular weight excluding hydrogens is 258 g/mol. The summed E-state index contributed by atoms with van der Waals surface area (Å²) in [6.45, 7) is 2.39. The van der Waals surface area contributed by atoms with Crippen LogP contribution in [0.4, 0.5) is 0 Å². The lowest BCUT2D eigenvalue weighted by Gasteiger charge is -2.23. The second kappa shape index (κ2) is 6.58. The average Bonchev–Trinajstić information content (AvgIpc) is 3.00. The SMILES string of the molecule is COc1ccc(CN(C)C2CCOC2)cc1/C(N)=N/O. The standard InChI is InChI=1S/C14H21N3O3/c1-17(11-5-6-20-9-11)8-10-3-4-13(19-2)12(7-10)14(15)16-18/h3-4,7,11,18H,5-6,8-9H2,1-2H3,(H2,15,16). The molecule has 0 aromatic heterocycles. The van der Waals surface area contributed by atoms with E-state index in [1.807, 2.05) is 18.2 Å². The fourth-order valence-corrected chi connectivity index (χ4v) is 2.39. The third-order valence-corrected chi connectivity index (χ3v) is 3.61. The maximum Gasteiger partial charge on any atom is 0.173 e. The molecular formula is C14H21N3O3. The molecule has 1 aliphatic heterocycles. The van der Waals surface area contributed by atoms with Crippen molar-refractivity contribution in [2.75, 3.05) is 27.4 Å². The topological polar surface area (TPSA) is 80.3 Å². The highest BCUT2D eigenvalue weighted by Gasteiger charge is 2.20. The van der Waals surface area contributed by atoms with Crippen molar-refractivity contribution in [3.8, 4) is 5.75 Å². The number of methoxy groups -OCH3 is 1. The number of likely N-dealkylation sites (N-methyl/N-ethyl adjacent to an activating group) is 1. The van der Waals surface area contributed by atoms with Crippen LogP contribution in [-0.4, -0.2) is 49.4 Å². The Morgan fingerprint density at radius 3 is 3.00 bits per heavy atom. The molecule has 6 heteroatoms. The Kier molecular flexibility index (Phi) is 4.81. The third-order valence-electron chi connectivity index (χ3n) is 3.61. The van der Waals surface area contributed by atoms with E-state index in [1.165, 1.54) is 0 Å². The molecule has 20 heavy (non-hydrogen) atoms. The molecule has 2 rings (SSSR count). The number of hydrogen-bond acceptors (Lipinski definition) is 5. The molecule has 0 aliphatic carbocycles. The number of nitrogens with two attached hydrogens (primary N) is 1. The van der Waals surface area contributed by atoms with Gasteiger partial charge in [0.15, 0.2) is 5.84 Å². The highest BCUT2D eigenvalue weighted by molar-refractivity contribution is 5.99. The van der Waals surface area contributed by atoms with Gasteiger partial charge in [-0.05, 0) is 31.2 Å². The monoisotopic (exact) mass is 279 g/mol.